The van der Waals surface area contributed by atoms with Crippen LogP contribution in [0.5, 0.6) is 0 Å². The first kappa shape index (κ1) is 20.7. The highest BCUT2D eigenvalue weighted by Crippen LogP contribution is 2.35. The molecule has 144 valence electrons. The van der Waals surface area contributed by atoms with Gasteiger partial charge >= 0.3 is 5.97 Å². The summed E-state index contributed by atoms with van der Waals surface area (Å²) < 4.78 is 17.6. The lowest BCUT2D eigenvalue weighted by Crippen LogP contribution is -2.48. The Bertz CT molecular complexity index is 622. The standard InChI is InChI=1S/C22H32O4/c1-16(20-17(2)15-24-21(4,5)26-20)14-22(6,25-18(3)23)13-12-19-10-8-7-9-11-19/h7-13,16-17,20H,14-15H2,1-6H3/b13-12-/t16-,17-,20-,22-/m0/s1. The number of carbonyl (C=O) groups is 1. The van der Waals surface area contributed by atoms with Gasteiger partial charge in [0.05, 0.1) is 12.7 Å². The summed E-state index contributed by atoms with van der Waals surface area (Å²) in [6.45, 7) is 12.3. The van der Waals surface area contributed by atoms with Crippen molar-refractivity contribution in [2.75, 3.05) is 6.61 Å². The van der Waals surface area contributed by atoms with Crippen LogP contribution in [0.3, 0.4) is 0 Å². The van der Waals surface area contributed by atoms with Crippen LogP contribution in [0.4, 0.5) is 0 Å². The molecule has 1 aliphatic heterocycles. The maximum absolute atomic E-state index is 11.7. The minimum Gasteiger partial charge on any atom is -0.455 e. The number of hydrogen-bond donors (Lipinski definition) is 0. The highest BCUT2D eigenvalue weighted by molar-refractivity contribution is 5.67. The van der Waals surface area contributed by atoms with Gasteiger partial charge in [-0.25, -0.2) is 0 Å². The van der Waals surface area contributed by atoms with Gasteiger partial charge in [-0.1, -0.05) is 50.3 Å². The molecule has 1 saturated heterocycles. The molecule has 0 spiro atoms. The third-order valence-corrected chi connectivity index (χ3v) is 4.77. The molecule has 0 unspecified atom stereocenters. The molecule has 1 aliphatic rings. The fraction of sp³-hybridized carbons (Fsp3) is 0.591. The third-order valence-electron chi connectivity index (χ3n) is 4.77. The van der Waals surface area contributed by atoms with Gasteiger partial charge in [0, 0.05) is 12.8 Å². The number of hydrogen-bond acceptors (Lipinski definition) is 4. The Morgan fingerprint density at radius 3 is 2.65 bits per heavy atom. The Balaban J connectivity index is 2.15. The van der Waals surface area contributed by atoms with Gasteiger partial charge in [-0.3, -0.25) is 4.79 Å². The van der Waals surface area contributed by atoms with Crippen molar-refractivity contribution in [3.63, 3.8) is 0 Å². The summed E-state index contributed by atoms with van der Waals surface area (Å²) in [5.74, 6) is -0.363. The van der Waals surface area contributed by atoms with Gasteiger partial charge in [0.15, 0.2) is 5.79 Å². The van der Waals surface area contributed by atoms with E-state index < -0.39 is 11.4 Å². The third kappa shape index (κ3) is 5.96. The quantitative estimate of drug-likeness (QED) is 0.681. The molecule has 0 aliphatic carbocycles. The average Bonchev–Trinajstić information content (AvgIpc) is 2.55. The lowest BCUT2D eigenvalue weighted by molar-refractivity contribution is -0.301. The summed E-state index contributed by atoms with van der Waals surface area (Å²) in [6, 6.07) is 10.0. The second-order valence-electron chi connectivity index (χ2n) is 8.10. The molecule has 0 amide bonds. The van der Waals surface area contributed by atoms with Crippen LogP contribution in [0.1, 0.15) is 53.5 Å². The van der Waals surface area contributed by atoms with Gasteiger partial charge in [0.2, 0.25) is 0 Å². The normalized spacial score (nSPS) is 26.2. The average molecular weight is 360 g/mol. The number of ether oxygens (including phenoxy) is 3. The minimum atomic E-state index is -0.688. The lowest BCUT2D eigenvalue weighted by atomic mass is 9.83. The number of rotatable bonds is 6. The van der Waals surface area contributed by atoms with E-state index in [2.05, 4.69) is 13.8 Å². The first-order valence-electron chi connectivity index (χ1n) is 9.36. The summed E-state index contributed by atoms with van der Waals surface area (Å²) >= 11 is 0. The van der Waals surface area contributed by atoms with E-state index >= 15 is 0 Å². The highest BCUT2D eigenvalue weighted by Gasteiger charge is 2.40. The van der Waals surface area contributed by atoms with E-state index in [0.29, 0.717) is 13.0 Å². The van der Waals surface area contributed by atoms with E-state index in [1.54, 1.807) is 0 Å². The van der Waals surface area contributed by atoms with Crippen molar-refractivity contribution < 1.29 is 19.0 Å². The van der Waals surface area contributed by atoms with Gasteiger partial charge < -0.3 is 14.2 Å². The predicted octanol–water partition coefficient (Wildman–Crippen LogP) is 4.84. The first-order chi connectivity index (χ1) is 12.1. The smallest absolute Gasteiger partial charge is 0.303 e. The van der Waals surface area contributed by atoms with Crippen LogP contribution in [0, 0.1) is 11.8 Å². The molecule has 0 N–H and O–H groups in total. The lowest BCUT2D eigenvalue weighted by Gasteiger charge is -2.43. The first-order valence-corrected chi connectivity index (χ1v) is 9.36. The highest BCUT2D eigenvalue weighted by atomic mass is 16.7. The molecule has 1 aromatic rings. The molecule has 4 nitrogen and oxygen atoms in total. The Morgan fingerprint density at radius 1 is 1.38 bits per heavy atom. The number of carbonyl (C=O) groups excluding carboxylic acids is 1. The van der Waals surface area contributed by atoms with Gasteiger partial charge in [0.1, 0.15) is 5.60 Å². The summed E-state index contributed by atoms with van der Waals surface area (Å²) in [7, 11) is 0. The summed E-state index contributed by atoms with van der Waals surface area (Å²) in [5, 5.41) is 0. The van der Waals surface area contributed by atoms with Gasteiger partial charge in [0.25, 0.3) is 0 Å². The molecule has 0 bridgehead atoms. The maximum atomic E-state index is 11.7. The van der Waals surface area contributed by atoms with E-state index in [1.165, 1.54) is 6.92 Å². The molecule has 1 fully saturated rings. The summed E-state index contributed by atoms with van der Waals surface area (Å²) in [4.78, 5) is 11.7. The fourth-order valence-corrected chi connectivity index (χ4v) is 3.65. The molecule has 0 aromatic heterocycles. The van der Waals surface area contributed by atoms with Crippen LogP contribution >= 0.6 is 0 Å². The van der Waals surface area contributed by atoms with Crippen molar-refractivity contribution in [1.29, 1.82) is 0 Å². The molecule has 26 heavy (non-hydrogen) atoms. The van der Waals surface area contributed by atoms with Crippen molar-refractivity contribution >= 4 is 12.0 Å². The van der Waals surface area contributed by atoms with Crippen molar-refractivity contribution in [2.45, 2.75) is 65.5 Å². The van der Waals surface area contributed by atoms with Crippen molar-refractivity contribution in [3.8, 4) is 0 Å². The van der Waals surface area contributed by atoms with E-state index in [4.69, 9.17) is 14.2 Å². The molecule has 0 saturated carbocycles. The topological polar surface area (TPSA) is 44.8 Å². The van der Waals surface area contributed by atoms with Crippen LogP contribution in [-0.4, -0.2) is 30.1 Å². The van der Waals surface area contributed by atoms with Crippen LogP contribution in [0.25, 0.3) is 6.08 Å². The van der Waals surface area contributed by atoms with Gasteiger partial charge in [-0.15, -0.1) is 0 Å². The van der Waals surface area contributed by atoms with Crippen LogP contribution < -0.4 is 0 Å². The number of esters is 1. The molecule has 4 atom stereocenters. The summed E-state index contributed by atoms with van der Waals surface area (Å²) in [6.07, 6.45) is 4.73. The Labute approximate surface area is 157 Å². The molecule has 0 radical (unpaired) electrons. The Morgan fingerprint density at radius 2 is 2.04 bits per heavy atom. The maximum Gasteiger partial charge on any atom is 0.303 e. The van der Waals surface area contributed by atoms with Crippen LogP contribution in [0.2, 0.25) is 0 Å². The zero-order valence-corrected chi connectivity index (χ0v) is 16.8. The second-order valence-corrected chi connectivity index (χ2v) is 8.10. The Hall–Kier alpha value is -1.65. The van der Waals surface area contributed by atoms with Crippen molar-refractivity contribution in [3.05, 3.63) is 42.0 Å². The second kappa shape index (κ2) is 8.36. The van der Waals surface area contributed by atoms with E-state index in [1.807, 2.05) is 63.3 Å². The van der Waals surface area contributed by atoms with Gasteiger partial charge in [-0.05, 0) is 44.7 Å². The van der Waals surface area contributed by atoms with Crippen molar-refractivity contribution in [2.24, 2.45) is 11.8 Å². The zero-order chi connectivity index (χ0) is 19.4. The minimum absolute atomic E-state index is 0.0544. The molecule has 1 heterocycles. The molecule has 2 rings (SSSR count). The largest absolute Gasteiger partial charge is 0.455 e. The van der Waals surface area contributed by atoms with Crippen LogP contribution in [0.15, 0.2) is 36.4 Å². The molecule has 4 heteroatoms. The predicted molar refractivity (Wildman–Crippen MR) is 103 cm³/mol. The van der Waals surface area contributed by atoms with E-state index in [-0.39, 0.29) is 23.9 Å². The fourth-order valence-electron chi connectivity index (χ4n) is 3.65. The van der Waals surface area contributed by atoms with E-state index in [9.17, 15) is 4.79 Å². The van der Waals surface area contributed by atoms with Crippen LogP contribution in [-0.2, 0) is 19.0 Å². The van der Waals surface area contributed by atoms with Crippen molar-refractivity contribution in [1.82, 2.24) is 0 Å². The molecular weight excluding hydrogens is 328 g/mol. The molecular formula is C22H32O4. The molecule has 1 aromatic carbocycles. The van der Waals surface area contributed by atoms with E-state index in [0.717, 1.165) is 5.56 Å². The SMILES string of the molecule is CC(=O)O[C@@](C)(/C=C\c1ccccc1)C[C@H](C)[C@@H]1OC(C)(C)OC[C@@H]1C. The monoisotopic (exact) mass is 360 g/mol. The zero-order valence-electron chi connectivity index (χ0n) is 16.8. The number of benzene rings is 1. The van der Waals surface area contributed by atoms with Gasteiger partial charge in [-0.2, -0.15) is 0 Å². The summed E-state index contributed by atoms with van der Waals surface area (Å²) in [5.41, 5.74) is 0.391. The Kier molecular flexibility index (Phi) is 6.64.